The lowest BCUT2D eigenvalue weighted by Crippen LogP contribution is -2.40. The van der Waals surface area contributed by atoms with Crippen molar-refractivity contribution in [3.8, 4) is 0 Å². The van der Waals surface area contributed by atoms with Gasteiger partial charge in [-0.15, -0.1) is 0 Å². The van der Waals surface area contributed by atoms with Gasteiger partial charge in [0, 0.05) is 13.1 Å². The van der Waals surface area contributed by atoms with E-state index in [-0.39, 0.29) is 5.92 Å². The van der Waals surface area contributed by atoms with Crippen molar-refractivity contribution in [2.24, 2.45) is 5.92 Å². The number of hydrogen-bond acceptors (Lipinski definition) is 3. The van der Waals surface area contributed by atoms with Gasteiger partial charge in [-0.3, -0.25) is 9.69 Å². The third kappa shape index (κ3) is 5.22. The van der Waals surface area contributed by atoms with E-state index in [0.29, 0.717) is 32.5 Å². The lowest BCUT2D eigenvalue weighted by atomic mass is 10.1. The van der Waals surface area contributed by atoms with E-state index in [1.54, 1.807) is 6.92 Å². The van der Waals surface area contributed by atoms with Gasteiger partial charge in [0.15, 0.2) is 0 Å². The van der Waals surface area contributed by atoms with E-state index in [9.17, 15) is 18.0 Å². The average Bonchev–Trinajstić information content (AvgIpc) is 2.63. The van der Waals surface area contributed by atoms with Gasteiger partial charge in [0.25, 0.3) is 0 Å². The van der Waals surface area contributed by atoms with E-state index < -0.39 is 24.7 Å². The Balaban J connectivity index is 2.28. The SMILES string of the molecule is CCC(NCC1CCN(CC(F)(F)F)C1)C(=O)O. The molecule has 0 saturated carbocycles. The summed E-state index contributed by atoms with van der Waals surface area (Å²) in [6.07, 6.45) is -3.01. The number of rotatable bonds is 6. The molecule has 7 heteroatoms. The highest BCUT2D eigenvalue weighted by molar-refractivity contribution is 5.73. The van der Waals surface area contributed by atoms with Crippen molar-refractivity contribution < 1.29 is 23.1 Å². The first-order chi connectivity index (χ1) is 8.31. The summed E-state index contributed by atoms with van der Waals surface area (Å²) in [5.41, 5.74) is 0. The number of aliphatic carboxylic acids is 1. The Kier molecular flexibility index (Phi) is 5.40. The average molecular weight is 268 g/mol. The van der Waals surface area contributed by atoms with Gasteiger partial charge in [-0.05, 0) is 25.3 Å². The number of carboxylic acid groups (broad SMARTS) is 1. The quantitative estimate of drug-likeness (QED) is 0.763. The fourth-order valence-corrected chi connectivity index (χ4v) is 2.19. The van der Waals surface area contributed by atoms with E-state index in [1.807, 2.05) is 0 Å². The molecule has 0 spiro atoms. The molecule has 1 heterocycles. The van der Waals surface area contributed by atoms with Crippen LogP contribution >= 0.6 is 0 Å². The third-order valence-electron chi connectivity index (χ3n) is 3.13. The minimum atomic E-state index is -4.16. The number of carbonyl (C=O) groups is 1. The van der Waals surface area contributed by atoms with Crippen molar-refractivity contribution in [1.29, 1.82) is 0 Å². The smallest absolute Gasteiger partial charge is 0.401 e. The molecular weight excluding hydrogens is 249 g/mol. The molecule has 0 bridgehead atoms. The van der Waals surface area contributed by atoms with Gasteiger partial charge in [-0.25, -0.2) is 0 Å². The molecule has 2 N–H and O–H groups in total. The van der Waals surface area contributed by atoms with Gasteiger partial charge in [-0.1, -0.05) is 6.92 Å². The second-order valence-corrected chi connectivity index (χ2v) is 4.71. The van der Waals surface area contributed by atoms with Crippen LogP contribution < -0.4 is 5.32 Å². The van der Waals surface area contributed by atoms with E-state index in [2.05, 4.69) is 5.32 Å². The molecule has 1 fully saturated rings. The zero-order chi connectivity index (χ0) is 13.8. The first-order valence-corrected chi connectivity index (χ1v) is 6.07. The van der Waals surface area contributed by atoms with Gasteiger partial charge < -0.3 is 10.4 Å². The van der Waals surface area contributed by atoms with Crippen LogP contribution in [-0.4, -0.2) is 54.4 Å². The normalized spacial score (nSPS) is 23.2. The van der Waals surface area contributed by atoms with Crippen LogP contribution in [0.3, 0.4) is 0 Å². The molecule has 18 heavy (non-hydrogen) atoms. The van der Waals surface area contributed by atoms with Crippen molar-refractivity contribution in [2.75, 3.05) is 26.2 Å². The van der Waals surface area contributed by atoms with Gasteiger partial charge >= 0.3 is 12.1 Å². The summed E-state index contributed by atoms with van der Waals surface area (Å²) in [5, 5.41) is 11.7. The zero-order valence-electron chi connectivity index (χ0n) is 10.3. The topological polar surface area (TPSA) is 52.6 Å². The van der Waals surface area contributed by atoms with Gasteiger partial charge in [0.2, 0.25) is 0 Å². The standard InChI is InChI=1S/C11H19F3N2O2/c1-2-9(10(17)18)15-5-8-3-4-16(6-8)7-11(12,13)14/h8-9,15H,2-7H2,1H3,(H,17,18). The first-order valence-electron chi connectivity index (χ1n) is 6.07. The summed E-state index contributed by atoms with van der Waals surface area (Å²) in [5.74, 6) is -0.816. The lowest BCUT2D eigenvalue weighted by Gasteiger charge is -2.19. The summed E-state index contributed by atoms with van der Waals surface area (Å²) in [6.45, 7) is 2.15. The minimum absolute atomic E-state index is 0.0979. The Bertz CT molecular complexity index is 284. The molecule has 1 aliphatic heterocycles. The van der Waals surface area contributed by atoms with Crippen LogP contribution in [0.5, 0.6) is 0 Å². The van der Waals surface area contributed by atoms with Crippen molar-refractivity contribution in [1.82, 2.24) is 10.2 Å². The van der Waals surface area contributed by atoms with Crippen LogP contribution in [0.4, 0.5) is 13.2 Å². The zero-order valence-corrected chi connectivity index (χ0v) is 10.3. The van der Waals surface area contributed by atoms with Crippen molar-refractivity contribution >= 4 is 5.97 Å². The Hall–Kier alpha value is -0.820. The van der Waals surface area contributed by atoms with E-state index >= 15 is 0 Å². The Morgan fingerprint density at radius 1 is 1.56 bits per heavy atom. The Morgan fingerprint density at radius 3 is 2.72 bits per heavy atom. The second kappa shape index (κ2) is 6.38. The molecular formula is C11H19F3N2O2. The van der Waals surface area contributed by atoms with Gasteiger partial charge in [0.05, 0.1) is 6.54 Å². The fourth-order valence-electron chi connectivity index (χ4n) is 2.19. The number of likely N-dealkylation sites (tertiary alicyclic amines) is 1. The molecule has 0 radical (unpaired) electrons. The molecule has 0 aromatic carbocycles. The molecule has 1 aliphatic rings. The molecule has 2 unspecified atom stereocenters. The molecule has 106 valence electrons. The fraction of sp³-hybridized carbons (Fsp3) is 0.909. The summed E-state index contributed by atoms with van der Waals surface area (Å²) in [4.78, 5) is 12.1. The number of alkyl halides is 3. The maximum atomic E-state index is 12.2. The second-order valence-electron chi connectivity index (χ2n) is 4.71. The monoisotopic (exact) mass is 268 g/mol. The van der Waals surface area contributed by atoms with Crippen LogP contribution in [-0.2, 0) is 4.79 Å². The summed E-state index contributed by atoms with van der Waals surface area (Å²) < 4.78 is 36.5. The largest absolute Gasteiger partial charge is 0.480 e. The highest BCUT2D eigenvalue weighted by Gasteiger charge is 2.34. The Morgan fingerprint density at radius 2 is 2.22 bits per heavy atom. The number of halogens is 3. The number of carboxylic acids is 1. The van der Waals surface area contributed by atoms with Crippen LogP contribution in [0.25, 0.3) is 0 Å². The predicted octanol–water partition coefficient (Wildman–Crippen LogP) is 1.32. The van der Waals surface area contributed by atoms with Gasteiger partial charge in [-0.2, -0.15) is 13.2 Å². The molecule has 0 aromatic heterocycles. The van der Waals surface area contributed by atoms with E-state index in [4.69, 9.17) is 5.11 Å². The Labute approximate surface area is 104 Å². The van der Waals surface area contributed by atoms with Gasteiger partial charge in [0.1, 0.15) is 6.04 Å². The van der Waals surface area contributed by atoms with E-state index in [1.165, 1.54) is 4.90 Å². The summed E-state index contributed by atoms with van der Waals surface area (Å²) in [6, 6.07) is -0.610. The maximum Gasteiger partial charge on any atom is 0.401 e. The minimum Gasteiger partial charge on any atom is -0.480 e. The molecule has 1 rings (SSSR count). The number of nitrogens with zero attached hydrogens (tertiary/aromatic N) is 1. The predicted molar refractivity (Wildman–Crippen MR) is 60.3 cm³/mol. The summed E-state index contributed by atoms with van der Waals surface area (Å²) >= 11 is 0. The molecule has 1 saturated heterocycles. The van der Waals surface area contributed by atoms with E-state index in [0.717, 1.165) is 0 Å². The summed E-state index contributed by atoms with van der Waals surface area (Å²) in [7, 11) is 0. The van der Waals surface area contributed by atoms with Crippen molar-refractivity contribution in [3.05, 3.63) is 0 Å². The number of hydrogen-bond donors (Lipinski definition) is 2. The molecule has 0 aliphatic carbocycles. The van der Waals surface area contributed by atoms with Crippen molar-refractivity contribution in [2.45, 2.75) is 32.0 Å². The lowest BCUT2D eigenvalue weighted by molar-refractivity contribution is -0.143. The molecule has 4 nitrogen and oxygen atoms in total. The first kappa shape index (κ1) is 15.2. The molecule has 0 aromatic rings. The molecule has 0 amide bonds. The maximum absolute atomic E-state index is 12.2. The van der Waals surface area contributed by atoms with Crippen LogP contribution in [0, 0.1) is 5.92 Å². The highest BCUT2D eigenvalue weighted by Crippen LogP contribution is 2.22. The van der Waals surface area contributed by atoms with Crippen LogP contribution in [0.2, 0.25) is 0 Å². The highest BCUT2D eigenvalue weighted by atomic mass is 19.4. The van der Waals surface area contributed by atoms with Crippen LogP contribution in [0.15, 0.2) is 0 Å². The van der Waals surface area contributed by atoms with Crippen LogP contribution in [0.1, 0.15) is 19.8 Å². The van der Waals surface area contributed by atoms with Crippen molar-refractivity contribution in [3.63, 3.8) is 0 Å². The molecule has 2 atom stereocenters. The number of nitrogens with one attached hydrogen (secondary N) is 1. The third-order valence-corrected chi connectivity index (χ3v) is 3.13.